The molecule has 2 heterocycles. The zero-order valence-electron chi connectivity index (χ0n) is 9.81. The molecule has 0 bridgehead atoms. The molecule has 0 aliphatic carbocycles. The van der Waals surface area contributed by atoms with Crippen LogP contribution in [0.15, 0.2) is 29.8 Å². The molecule has 1 aliphatic rings. The van der Waals surface area contributed by atoms with E-state index < -0.39 is 27.8 Å². The van der Waals surface area contributed by atoms with Crippen molar-refractivity contribution >= 4 is 21.7 Å². The minimum absolute atomic E-state index is 0.168. The first-order valence-electron chi connectivity index (χ1n) is 5.46. The normalized spacial score (nSPS) is 20.3. The topological polar surface area (TPSA) is 105 Å². The Hall–Kier alpha value is -2.09. The number of hydrogen-bond acceptors (Lipinski definition) is 4. The van der Waals surface area contributed by atoms with Gasteiger partial charge in [0.05, 0.1) is 11.8 Å². The summed E-state index contributed by atoms with van der Waals surface area (Å²) in [5, 5.41) is 12.3. The van der Waals surface area contributed by atoms with Crippen LogP contribution in [0, 0.1) is 0 Å². The lowest BCUT2D eigenvalue weighted by molar-refractivity contribution is -0.137. The molecule has 7 nitrogen and oxygen atoms in total. The highest BCUT2D eigenvalue weighted by molar-refractivity contribution is 7.94. The van der Waals surface area contributed by atoms with Crippen molar-refractivity contribution in [3.63, 3.8) is 0 Å². The molecule has 1 atom stereocenters. The largest absolute Gasteiger partial charge is 0.480 e. The number of carbonyl (C=O) groups is 2. The van der Waals surface area contributed by atoms with Crippen molar-refractivity contribution in [3.8, 4) is 0 Å². The molecule has 1 unspecified atom stereocenters. The van der Waals surface area contributed by atoms with Gasteiger partial charge in [-0.1, -0.05) is 0 Å². The van der Waals surface area contributed by atoms with Crippen LogP contribution in [0.2, 0.25) is 0 Å². The lowest BCUT2D eigenvalue weighted by atomic mass is 10.3. The van der Waals surface area contributed by atoms with Gasteiger partial charge >= 0.3 is 5.97 Å². The predicted molar refractivity (Wildman–Crippen MR) is 66.2 cm³/mol. The highest BCUT2D eigenvalue weighted by Crippen LogP contribution is 2.09. The molecule has 1 aromatic rings. The lowest BCUT2D eigenvalue weighted by Gasteiger charge is -2.11. The average molecular weight is 284 g/mol. The molecule has 8 heteroatoms. The number of amides is 1. The van der Waals surface area contributed by atoms with Crippen LogP contribution in [0.25, 0.3) is 0 Å². The summed E-state index contributed by atoms with van der Waals surface area (Å²) in [7, 11) is -3.24. The van der Waals surface area contributed by atoms with E-state index in [-0.39, 0.29) is 18.0 Å². The number of nitrogens with one attached hydrogen (secondary N) is 1. The number of carboxylic acid groups (broad SMARTS) is 1. The average Bonchev–Trinajstić information content (AvgIpc) is 2.84. The van der Waals surface area contributed by atoms with E-state index >= 15 is 0 Å². The van der Waals surface area contributed by atoms with Crippen molar-refractivity contribution in [1.29, 1.82) is 0 Å². The second-order valence-corrected chi connectivity index (χ2v) is 6.08. The lowest BCUT2D eigenvalue weighted by Crippen LogP contribution is -2.36. The van der Waals surface area contributed by atoms with Crippen molar-refractivity contribution < 1.29 is 23.1 Å². The second kappa shape index (κ2) is 4.88. The number of rotatable bonds is 4. The molecule has 0 radical (unpaired) electrons. The third-order valence-corrected chi connectivity index (χ3v) is 4.01. The predicted octanol–water partition coefficient (Wildman–Crippen LogP) is -0.387. The fourth-order valence-electron chi connectivity index (χ4n) is 1.81. The van der Waals surface area contributed by atoms with Gasteiger partial charge in [0, 0.05) is 11.6 Å². The quantitative estimate of drug-likeness (QED) is 0.783. The van der Waals surface area contributed by atoms with E-state index in [2.05, 4.69) is 5.32 Å². The maximum atomic E-state index is 11.9. The van der Waals surface area contributed by atoms with Gasteiger partial charge < -0.3 is 15.0 Å². The number of aromatic nitrogens is 1. The van der Waals surface area contributed by atoms with E-state index in [1.807, 2.05) is 0 Å². The summed E-state index contributed by atoms with van der Waals surface area (Å²) >= 11 is 0. The minimum atomic E-state index is -3.24. The maximum absolute atomic E-state index is 11.9. The Morgan fingerprint density at radius 1 is 1.47 bits per heavy atom. The molecule has 2 N–H and O–H groups in total. The van der Waals surface area contributed by atoms with Gasteiger partial charge in [-0.05, 0) is 18.2 Å². The summed E-state index contributed by atoms with van der Waals surface area (Å²) in [6, 6.07) is 2.45. The van der Waals surface area contributed by atoms with Crippen molar-refractivity contribution in [2.45, 2.75) is 12.6 Å². The van der Waals surface area contributed by atoms with Crippen LogP contribution in [-0.2, 0) is 21.2 Å². The van der Waals surface area contributed by atoms with Crippen LogP contribution in [0.4, 0.5) is 0 Å². The molecular formula is C11H12N2O5S. The molecule has 102 valence electrons. The molecule has 1 aliphatic heterocycles. The molecule has 1 aromatic heterocycles. The van der Waals surface area contributed by atoms with Crippen LogP contribution >= 0.6 is 0 Å². The number of aliphatic carboxylic acids is 1. The van der Waals surface area contributed by atoms with Crippen LogP contribution in [0.3, 0.4) is 0 Å². The van der Waals surface area contributed by atoms with E-state index in [1.165, 1.54) is 22.9 Å². The smallest absolute Gasteiger partial charge is 0.323 e. The number of sulfone groups is 1. The van der Waals surface area contributed by atoms with Gasteiger partial charge in [-0.3, -0.25) is 9.59 Å². The maximum Gasteiger partial charge on any atom is 0.323 e. The van der Waals surface area contributed by atoms with E-state index in [9.17, 15) is 18.0 Å². The van der Waals surface area contributed by atoms with Crippen LogP contribution < -0.4 is 5.32 Å². The third kappa shape index (κ3) is 3.22. The SMILES string of the molecule is O=C(O)Cn1cccc1C(=O)NC1C=CS(=O)(=O)C1. The summed E-state index contributed by atoms with van der Waals surface area (Å²) in [5.41, 5.74) is 0.181. The summed E-state index contributed by atoms with van der Waals surface area (Å²) in [6.45, 7) is -0.325. The fourth-order valence-corrected chi connectivity index (χ4v) is 3.05. The van der Waals surface area contributed by atoms with Gasteiger partial charge in [0.2, 0.25) is 0 Å². The van der Waals surface area contributed by atoms with Crippen molar-refractivity contribution in [3.05, 3.63) is 35.5 Å². The summed E-state index contributed by atoms with van der Waals surface area (Å²) in [5.74, 6) is -1.73. The van der Waals surface area contributed by atoms with E-state index in [4.69, 9.17) is 5.11 Å². The number of nitrogens with zero attached hydrogens (tertiary/aromatic N) is 1. The molecule has 0 saturated heterocycles. The Balaban J connectivity index is 2.07. The van der Waals surface area contributed by atoms with Gasteiger partial charge in [0.25, 0.3) is 5.91 Å². The van der Waals surface area contributed by atoms with Gasteiger partial charge in [0.15, 0.2) is 9.84 Å². The molecule has 0 aromatic carbocycles. The summed E-state index contributed by atoms with van der Waals surface area (Å²) < 4.78 is 23.7. The molecule has 1 amide bonds. The highest BCUT2D eigenvalue weighted by Gasteiger charge is 2.24. The molecule has 0 spiro atoms. The highest BCUT2D eigenvalue weighted by atomic mass is 32.2. The number of carbonyl (C=O) groups excluding carboxylic acids is 1. The van der Waals surface area contributed by atoms with Crippen molar-refractivity contribution in [2.75, 3.05) is 5.75 Å². The molecule has 19 heavy (non-hydrogen) atoms. The zero-order chi connectivity index (χ0) is 14.0. The first kappa shape index (κ1) is 13.3. The Kier molecular flexibility index (Phi) is 3.43. The van der Waals surface area contributed by atoms with Crippen LogP contribution in [-0.4, -0.2) is 41.8 Å². The first-order chi connectivity index (χ1) is 8.87. The minimum Gasteiger partial charge on any atom is -0.480 e. The summed E-state index contributed by atoms with van der Waals surface area (Å²) in [6.07, 6.45) is 2.88. The van der Waals surface area contributed by atoms with Crippen LogP contribution in [0.1, 0.15) is 10.5 Å². The Morgan fingerprint density at radius 3 is 2.79 bits per heavy atom. The van der Waals surface area contributed by atoms with Gasteiger partial charge in [-0.25, -0.2) is 8.42 Å². The fraction of sp³-hybridized carbons (Fsp3) is 0.273. The Labute approximate surface area is 109 Å². The summed E-state index contributed by atoms with van der Waals surface area (Å²) in [4.78, 5) is 22.5. The Morgan fingerprint density at radius 2 is 2.21 bits per heavy atom. The monoisotopic (exact) mass is 284 g/mol. The van der Waals surface area contributed by atoms with Gasteiger partial charge in [0.1, 0.15) is 12.2 Å². The molecule has 0 saturated carbocycles. The standard InChI is InChI=1S/C11H12N2O5S/c14-10(15)6-13-4-1-2-9(13)11(16)12-8-3-5-19(17,18)7-8/h1-5,8H,6-7H2,(H,12,16)(H,14,15). The van der Waals surface area contributed by atoms with Crippen molar-refractivity contribution in [1.82, 2.24) is 9.88 Å². The molecule has 2 rings (SSSR count). The van der Waals surface area contributed by atoms with Gasteiger partial charge in [-0.15, -0.1) is 0 Å². The first-order valence-corrected chi connectivity index (χ1v) is 7.18. The van der Waals surface area contributed by atoms with E-state index in [1.54, 1.807) is 6.07 Å². The Bertz CT molecular complexity index is 644. The number of carboxylic acids is 1. The molecule has 0 fully saturated rings. The van der Waals surface area contributed by atoms with Gasteiger partial charge in [-0.2, -0.15) is 0 Å². The zero-order valence-corrected chi connectivity index (χ0v) is 10.6. The van der Waals surface area contributed by atoms with Crippen molar-refractivity contribution in [2.24, 2.45) is 0 Å². The van der Waals surface area contributed by atoms with Crippen LogP contribution in [0.5, 0.6) is 0 Å². The van der Waals surface area contributed by atoms with E-state index in [0.29, 0.717) is 0 Å². The second-order valence-electron chi connectivity index (χ2n) is 4.15. The van der Waals surface area contributed by atoms with E-state index in [0.717, 1.165) is 5.41 Å². The third-order valence-electron chi connectivity index (χ3n) is 2.61. The number of hydrogen-bond donors (Lipinski definition) is 2. The molecular weight excluding hydrogens is 272 g/mol.